The summed E-state index contributed by atoms with van der Waals surface area (Å²) in [6, 6.07) is 5.92. The van der Waals surface area contributed by atoms with Crippen LogP contribution < -0.4 is 5.73 Å². The van der Waals surface area contributed by atoms with Crippen LogP contribution in [0.25, 0.3) is 0 Å². The molecule has 2 aromatic carbocycles. The summed E-state index contributed by atoms with van der Waals surface area (Å²) in [6.45, 7) is 0. The highest BCUT2D eigenvalue weighted by atomic mass is 35.5. The Bertz CT molecular complexity index is 586. The van der Waals surface area contributed by atoms with Gasteiger partial charge in [-0.05, 0) is 35.9 Å². The summed E-state index contributed by atoms with van der Waals surface area (Å²) in [4.78, 5) is 0. The first kappa shape index (κ1) is 12.9. The normalized spacial score (nSPS) is 12.5. The quantitative estimate of drug-likeness (QED) is 0.883. The van der Waals surface area contributed by atoms with Gasteiger partial charge in [0.15, 0.2) is 0 Å². The molecule has 0 bridgehead atoms. The molecule has 0 saturated carbocycles. The van der Waals surface area contributed by atoms with Crippen molar-refractivity contribution >= 4 is 11.6 Å². The lowest BCUT2D eigenvalue weighted by molar-refractivity contribution is 0.575. The fourth-order valence-electron chi connectivity index (χ4n) is 1.64. The SMILES string of the molecule is NC(c1ccc(Cl)c(F)c1)c1cc(F)ccc1F. The first-order chi connectivity index (χ1) is 8.49. The summed E-state index contributed by atoms with van der Waals surface area (Å²) in [5.74, 6) is -1.89. The molecule has 1 unspecified atom stereocenters. The van der Waals surface area contributed by atoms with Crippen molar-refractivity contribution in [1.82, 2.24) is 0 Å². The standard InChI is InChI=1S/C13H9ClF3N/c14-10-3-1-7(5-12(10)17)13(18)9-6-8(15)2-4-11(9)16/h1-6,13H,18H2. The summed E-state index contributed by atoms with van der Waals surface area (Å²) in [5.41, 5.74) is 6.08. The number of benzene rings is 2. The third kappa shape index (κ3) is 2.49. The van der Waals surface area contributed by atoms with Gasteiger partial charge in [0, 0.05) is 5.56 Å². The average molecular weight is 272 g/mol. The highest BCUT2D eigenvalue weighted by Crippen LogP contribution is 2.25. The Morgan fingerprint density at radius 3 is 2.33 bits per heavy atom. The Labute approximate surface area is 107 Å². The molecule has 0 amide bonds. The topological polar surface area (TPSA) is 26.0 Å². The van der Waals surface area contributed by atoms with E-state index >= 15 is 0 Å². The fraction of sp³-hybridized carbons (Fsp3) is 0.0769. The Morgan fingerprint density at radius 1 is 0.944 bits per heavy atom. The van der Waals surface area contributed by atoms with E-state index in [1.807, 2.05) is 0 Å². The molecule has 94 valence electrons. The van der Waals surface area contributed by atoms with E-state index in [1.165, 1.54) is 12.1 Å². The highest BCUT2D eigenvalue weighted by molar-refractivity contribution is 6.30. The molecule has 0 aliphatic heterocycles. The smallest absolute Gasteiger partial charge is 0.142 e. The monoisotopic (exact) mass is 271 g/mol. The van der Waals surface area contributed by atoms with Crippen LogP contribution in [0.15, 0.2) is 36.4 Å². The van der Waals surface area contributed by atoms with E-state index in [4.69, 9.17) is 17.3 Å². The van der Waals surface area contributed by atoms with Crippen LogP contribution in [0.5, 0.6) is 0 Å². The largest absolute Gasteiger partial charge is 0.320 e. The van der Waals surface area contributed by atoms with E-state index in [-0.39, 0.29) is 10.6 Å². The maximum Gasteiger partial charge on any atom is 0.142 e. The van der Waals surface area contributed by atoms with Crippen molar-refractivity contribution in [3.8, 4) is 0 Å². The number of hydrogen-bond donors (Lipinski definition) is 1. The lowest BCUT2D eigenvalue weighted by Gasteiger charge is -2.14. The van der Waals surface area contributed by atoms with Crippen molar-refractivity contribution in [2.24, 2.45) is 5.73 Å². The van der Waals surface area contributed by atoms with Gasteiger partial charge in [0.2, 0.25) is 0 Å². The Hall–Kier alpha value is -1.52. The van der Waals surface area contributed by atoms with Gasteiger partial charge < -0.3 is 5.73 Å². The molecule has 0 fully saturated rings. The zero-order valence-electron chi connectivity index (χ0n) is 9.13. The van der Waals surface area contributed by atoms with Gasteiger partial charge in [0.25, 0.3) is 0 Å². The maximum absolute atomic E-state index is 13.5. The molecule has 0 saturated heterocycles. The summed E-state index contributed by atoms with van der Waals surface area (Å²) in [5, 5.41) is -0.0503. The third-order valence-corrected chi connectivity index (χ3v) is 2.90. The zero-order valence-corrected chi connectivity index (χ0v) is 9.89. The first-order valence-electron chi connectivity index (χ1n) is 5.14. The molecule has 5 heteroatoms. The third-order valence-electron chi connectivity index (χ3n) is 2.60. The highest BCUT2D eigenvalue weighted by Gasteiger charge is 2.15. The maximum atomic E-state index is 13.5. The van der Waals surface area contributed by atoms with E-state index in [0.717, 1.165) is 24.3 Å². The second kappa shape index (κ2) is 5.00. The average Bonchev–Trinajstić information content (AvgIpc) is 2.35. The molecule has 0 radical (unpaired) electrons. The second-order valence-corrected chi connectivity index (χ2v) is 4.22. The van der Waals surface area contributed by atoms with E-state index in [2.05, 4.69) is 0 Å². The predicted molar refractivity (Wildman–Crippen MR) is 63.8 cm³/mol. The van der Waals surface area contributed by atoms with E-state index in [9.17, 15) is 13.2 Å². The van der Waals surface area contributed by atoms with Gasteiger partial charge in [-0.1, -0.05) is 17.7 Å². The zero-order chi connectivity index (χ0) is 13.3. The number of hydrogen-bond acceptors (Lipinski definition) is 1. The Morgan fingerprint density at radius 2 is 1.67 bits per heavy atom. The molecular formula is C13H9ClF3N. The van der Waals surface area contributed by atoms with Crippen LogP contribution in [0.4, 0.5) is 13.2 Å². The van der Waals surface area contributed by atoms with Crippen LogP contribution in [0.2, 0.25) is 5.02 Å². The molecule has 0 aromatic heterocycles. The number of nitrogens with two attached hydrogens (primary N) is 1. The predicted octanol–water partition coefficient (Wildman–Crippen LogP) is 3.81. The molecule has 1 atom stereocenters. The Balaban J connectivity index is 2.44. The van der Waals surface area contributed by atoms with Crippen LogP contribution >= 0.6 is 11.6 Å². The van der Waals surface area contributed by atoms with Gasteiger partial charge in [0.1, 0.15) is 17.5 Å². The van der Waals surface area contributed by atoms with Gasteiger partial charge >= 0.3 is 0 Å². The lowest BCUT2D eigenvalue weighted by Crippen LogP contribution is -2.14. The molecule has 18 heavy (non-hydrogen) atoms. The second-order valence-electron chi connectivity index (χ2n) is 3.82. The van der Waals surface area contributed by atoms with E-state index in [1.54, 1.807) is 0 Å². The summed E-state index contributed by atoms with van der Waals surface area (Å²) < 4.78 is 39.8. The van der Waals surface area contributed by atoms with Crippen LogP contribution in [0.3, 0.4) is 0 Å². The minimum Gasteiger partial charge on any atom is -0.320 e. The summed E-state index contributed by atoms with van der Waals surface area (Å²) >= 11 is 5.54. The van der Waals surface area contributed by atoms with Crippen molar-refractivity contribution in [2.45, 2.75) is 6.04 Å². The van der Waals surface area contributed by atoms with E-state index < -0.39 is 23.5 Å². The van der Waals surface area contributed by atoms with Crippen molar-refractivity contribution in [1.29, 1.82) is 0 Å². The minimum atomic E-state index is -0.951. The van der Waals surface area contributed by atoms with Gasteiger partial charge in [0.05, 0.1) is 11.1 Å². The Kier molecular flexibility index (Phi) is 3.59. The van der Waals surface area contributed by atoms with Crippen molar-refractivity contribution < 1.29 is 13.2 Å². The van der Waals surface area contributed by atoms with Crippen molar-refractivity contribution in [2.75, 3.05) is 0 Å². The van der Waals surface area contributed by atoms with Crippen LogP contribution in [-0.2, 0) is 0 Å². The van der Waals surface area contributed by atoms with Crippen LogP contribution in [-0.4, -0.2) is 0 Å². The van der Waals surface area contributed by atoms with Crippen molar-refractivity contribution in [3.63, 3.8) is 0 Å². The lowest BCUT2D eigenvalue weighted by atomic mass is 9.99. The van der Waals surface area contributed by atoms with Gasteiger partial charge in [-0.25, -0.2) is 13.2 Å². The molecule has 0 aliphatic carbocycles. The molecule has 2 aromatic rings. The summed E-state index contributed by atoms with van der Waals surface area (Å²) in [7, 11) is 0. The van der Waals surface area contributed by atoms with Crippen LogP contribution in [0, 0.1) is 17.5 Å². The fourth-order valence-corrected chi connectivity index (χ4v) is 1.76. The van der Waals surface area contributed by atoms with E-state index in [0.29, 0.717) is 5.56 Å². The molecule has 2 N–H and O–H groups in total. The van der Waals surface area contributed by atoms with Gasteiger partial charge in [-0.15, -0.1) is 0 Å². The van der Waals surface area contributed by atoms with Gasteiger partial charge in [-0.3, -0.25) is 0 Å². The summed E-state index contributed by atoms with van der Waals surface area (Å²) in [6.07, 6.45) is 0. The van der Waals surface area contributed by atoms with Gasteiger partial charge in [-0.2, -0.15) is 0 Å². The van der Waals surface area contributed by atoms with Crippen LogP contribution in [0.1, 0.15) is 17.2 Å². The molecule has 0 heterocycles. The minimum absolute atomic E-state index is 0.0308. The molecule has 2 rings (SSSR count). The number of rotatable bonds is 2. The molecule has 0 aliphatic rings. The molecular weight excluding hydrogens is 263 g/mol. The molecule has 1 nitrogen and oxygen atoms in total. The number of halogens is 4. The van der Waals surface area contributed by atoms with Crippen molar-refractivity contribution in [3.05, 3.63) is 70.0 Å². The molecule has 0 spiro atoms. The first-order valence-corrected chi connectivity index (χ1v) is 5.52.